The first-order valence-electron chi connectivity index (χ1n) is 7.38. The van der Waals surface area contributed by atoms with Gasteiger partial charge in [0.15, 0.2) is 0 Å². The lowest BCUT2D eigenvalue weighted by Gasteiger charge is -2.14. The number of nitrogen functional groups attached to an aromatic ring is 1. The van der Waals surface area contributed by atoms with Crippen LogP contribution in [0.4, 0.5) is 5.69 Å². The highest BCUT2D eigenvalue weighted by Crippen LogP contribution is 2.20. The fraction of sp³-hybridized carbons (Fsp3) is 0.375. The predicted octanol–water partition coefficient (Wildman–Crippen LogP) is 1.54. The molecule has 1 aliphatic heterocycles. The Kier molecular flexibility index (Phi) is 7.41. The molecule has 6 nitrogen and oxygen atoms in total. The van der Waals surface area contributed by atoms with E-state index in [1.807, 2.05) is 4.90 Å². The van der Waals surface area contributed by atoms with E-state index in [1.165, 1.54) is 18.2 Å². The number of phenolic OH excluding ortho intramolecular Hbond substituents is 1. The Morgan fingerprint density at radius 2 is 2.22 bits per heavy atom. The minimum Gasteiger partial charge on any atom is -0.507 e. The van der Waals surface area contributed by atoms with Crippen LogP contribution in [0.3, 0.4) is 0 Å². The molecule has 0 spiro atoms. The van der Waals surface area contributed by atoms with Gasteiger partial charge < -0.3 is 21.1 Å². The van der Waals surface area contributed by atoms with Gasteiger partial charge in [0.2, 0.25) is 11.8 Å². The molecular formula is C16H22ClN3O3. The molecule has 1 heterocycles. The molecule has 1 aromatic carbocycles. The highest BCUT2D eigenvalue weighted by atomic mass is 35.5. The summed E-state index contributed by atoms with van der Waals surface area (Å²) in [5.41, 5.74) is 6.64. The summed E-state index contributed by atoms with van der Waals surface area (Å²) in [6.45, 7) is 2.01. The summed E-state index contributed by atoms with van der Waals surface area (Å²) in [5, 5.41) is 12.4. The Labute approximate surface area is 141 Å². The lowest BCUT2D eigenvalue weighted by molar-refractivity contribution is -0.127. The number of nitrogens with zero attached hydrogens (tertiary/aromatic N) is 1. The smallest absolute Gasteiger partial charge is 0.244 e. The highest BCUT2D eigenvalue weighted by molar-refractivity contribution is 5.92. The van der Waals surface area contributed by atoms with Crippen LogP contribution in [0.25, 0.3) is 6.08 Å². The second-order valence-electron chi connectivity index (χ2n) is 5.28. The number of anilines is 1. The highest BCUT2D eigenvalue weighted by Gasteiger charge is 2.18. The maximum absolute atomic E-state index is 11.7. The average Bonchev–Trinajstić information content (AvgIpc) is 2.90. The van der Waals surface area contributed by atoms with E-state index in [4.69, 9.17) is 5.73 Å². The quantitative estimate of drug-likeness (QED) is 0.317. The number of likely N-dealkylation sites (tertiary alicyclic amines) is 1. The normalized spacial score (nSPS) is 14.1. The van der Waals surface area contributed by atoms with E-state index in [0.29, 0.717) is 30.8 Å². The van der Waals surface area contributed by atoms with Crippen molar-refractivity contribution in [2.75, 3.05) is 25.4 Å². The van der Waals surface area contributed by atoms with Crippen LogP contribution in [0.15, 0.2) is 24.3 Å². The van der Waals surface area contributed by atoms with Crippen LogP contribution in [0.5, 0.6) is 5.75 Å². The molecule has 4 N–H and O–H groups in total. The molecule has 7 heteroatoms. The molecule has 0 radical (unpaired) electrons. The molecular weight excluding hydrogens is 318 g/mol. The van der Waals surface area contributed by atoms with E-state index in [-0.39, 0.29) is 30.0 Å². The fourth-order valence-electron chi connectivity index (χ4n) is 2.35. The third-order valence-corrected chi connectivity index (χ3v) is 3.54. The molecule has 0 atom stereocenters. The second-order valence-corrected chi connectivity index (χ2v) is 5.28. The monoisotopic (exact) mass is 339 g/mol. The first-order valence-corrected chi connectivity index (χ1v) is 7.38. The molecule has 2 rings (SSSR count). The number of amides is 2. The third kappa shape index (κ3) is 5.83. The van der Waals surface area contributed by atoms with Gasteiger partial charge in [-0.25, -0.2) is 0 Å². The van der Waals surface area contributed by atoms with Crippen LogP contribution in [0.1, 0.15) is 24.8 Å². The number of nitrogens with one attached hydrogen (secondary N) is 1. The first-order chi connectivity index (χ1) is 10.6. The Hall–Kier alpha value is -2.21. The third-order valence-electron chi connectivity index (χ3n) is 3.54. The van der Waals surface area contributed by atoms with E-state index in [2.05, 4.69) is 5.32 Å². The minimum absolute atomic E-state index is 0. The summed E-state index contributed by atoms with van der Waals surface area (Å²) in [7, 11) is 0. The van der Waals surface area contributed by atoms with Crippen LogP contribution in [0.2, 0.25) is 0 Å². The molecule has 1 aromatic rings. The zero-order valence-electron chi connectivity index (χ0n) is 12.8. The molecule has 23 heavy (non-hydrogen) atoms. The maximum Gasteiger partial charge on any atom is 0.244 e. The van der Waals surface area contributed by atoms with E-state index in [1.54, 1.807) is 12.1 Å². The minimum atomic E-state index is -0.241. The van der Waals surface area contributed by atoms with Crippen LogP contribution < -0.4 is 11.1 Å². The number of carbonyl (C=O) groups excluding carboxylic acids is 2. The number of carbonyl (C=O) groups is 2. The first kappa shape index (κ1) is 18.8. The number of aromatic hydroxyl groups is 1. The van der Waals surface area contributed by atoms with Crippen molar-refractivity contribution >= 4 is 36.0 Å². The SMILES string of the molecule is Cl.Nc1ccc(O)c(C=CC(=O)NCCCN2CCCC2=O)c1. The van der Waals surface area contributed by atoms with Gasteiger partial charge in [-0.15, -0.1) is 12.4 Å². The van der Waals surface area contributed by atoms with Gasteiger partial charge >= 0.3 is 0 Å². The van der Waals surface area contributed by atoms with Gasteiger partial charge in [0.1, 0.15) is 5.75 Å². The van der Waals surface area contributed by atoms with E-state index in [0.717, 1.165) is 19.4 Å². The molecule has 0 bridgehead atoms. The molecule has 0 aliphatic carbocycles. The van der Waals surface area contributed by atoms with Gasteiger partial charge in [0, 0.05) is 43.4 Å². The zero-order chi connectivity index (χ0) is 15.9. The number of nitrogens with two attached hydrogens (primary N) is 1. The zero-order valence-corrected chi connectivity index (χ0v) is 13.6. The lowest BCUT2D eigenvalue weighted by atomic mass is 10.1. The molecule has 126 valence electrons. The average molecular weight is 340 g/mol. The van der Waals surface area contributed by atoms with Crippen molar-refractivity contribution in [3.63, 3.8) is 0 Å². The number of benzene rings is 1. The molecule has 0 aromatic heterocycles. The maximum atomic E-state index is 11.7. The van der Waals surface area contributed by atoms with E-state index < -0.39 is 0 Å². The Balaban J connectivity index is 0.00000264. The number of hydrogen-bond donors (Lipinski definition) is 3. The van der Waals surface area contributed by atoms with Crippen molar-refractivity contribution in [1.82, 2.24) is 10.2 Å². The summed E-state index contributed by atoms with van der Waals surface area (Å²) in [4.78, 5) is 24.9. The van der Waals surface area contributed by atoms with Gasteiger partial charge in [-0.05, 0) is 37.1 Å². The van der Waals surface area contributed by atoms with Crippen LogP contribution in [0, 0.1) is 0 Å². The number of rotatable bonds is 6. The van der Waals surface area contributed by atoms with Crippen LogP contribution in [-0.2, 0) is 9.59 Å². The summed E-state index contributed by atoms with van der Waals surface area (Å²) < 4.78 is 0. The van der Waals surface area contributed by atoms with Crippen molar-refractivity contribution < 1.29 is 14.7 Å². The van der Waals surface area contributed by atoms with Crippen molar-refractivity contribution in [3.8, 4) is 5.75 Å². The summed E-state index contributed by atoms with van der Waals surface area (Å²) in [6.07, 6.45) is 5.17. The van der Waals surface area contributed by atoms with Gasteiger partial charge in [0.25, 0.3) is 0 Å². The number of hydrogen-bond acceptors (Lipinski definition) is 4. The van der Waals surface area contributed by atoms with Gasteiger partial charge in [-0.1, -0.05) is 0 Å². The Morgan fingerprint density at radius 3 is 2.91 bits per heavy atom. The molecule has 1 saturated heterocycles. The topological polar surface area (TPSA) is 95.7 Å². The summed E-state index contributed by atoms with van der Waals surface area (Å²) in [6, 6.07) is 4.67. The lowest BCUT2D eigenvalue weighted by Crippen LogP contribution is -2.29. The van der Waals surface area contributed by atoms with Crippen molar-refractivity contribution in [2.45, 2.75) is 19.3 Å². The largest absolute Gasteiger partial charge is 0.507 e. The summed E-state index contributed by atoms with van der Waals surface area (Å²) >= 11 is 0. The van der Waals surface area contributed by atoms with Crippen LogP contribution in [-0.4, -0.2) is 41.5 Å². The molecule has 1 fully saturated rings. The van der Waals surface area contributed by atoms with E-state index >= 15 is 0 Å². The van der Waals surface area contributed by atoms with Gasteiger partial charge in [-0.2, -0.15) is 0 Å². The summed E-state index contributed by atoms with van der Waals surface area (Å²) in [5.74, 6) is 0.0312. The molecule has 1 aliphatic rings. The predicted molar refractivity (Wildman–Crippen MR) is 92.2 cm³/mol. The second kappa shape index (κ2) is 9.05. The van der Waals surface area contributed by atoms with Crippen molar-refractivity contribution in [2.24, 2.45) is 0 Å². The van der Waals surface area contributed by atoms with Gasteiger partial charge in [0.05, 0.1) is 0 Å². The molecule has 2 amide bonds. The molecule has 0 unspecified atom stereocenters. The standard InChI is InChI=1S/C16H21N3O3.ClH/c17-13-5-6-14(20)12(11-13)4-7-15(21)18-8-2-10-19-9-1-3-16(19)22;/h4-7,11,20H,1-3,8-10,17H2,(H,18,21);1H. The number of phenols is 1. The Bertz CT molecular complexity index is 590. The van der Waals surface area contributed by atoms with Crippen molar-refractivity contribution in [1.29, 1.82) is 0 Å². The van der Waals surface area contributed by atoms with Crippen LogP contribution >= 0.6 is 12.4 Å². The van der Waals surface area contributed by atoms with Gasteiger partial charge in [-0.3, -0.25) is 9.59 Å². The van der Waals surface area contributed by atoms with Crippen molar-refractivity contribution in [3.05, 3.63) is 29.8 Å². The fourth-order valence-corrected chi connectivity index (χ4v) is 2.35. The van der Waals surface area contributed by atoms with E-state index in [9.17, 15) is 14.7 Å². The Morgan fingerprint density at radius 1 is 1.43 bits per heavy atom. The molecule has 0 saturated carbocycles. The number of halogens is 1.